The first-order valence-corrected chi connectivity index (χ1v) is 6.33. The van der Waals surface area contributed by atoms with E-state index in [2.05, 4.69) is 0 Å². The molecule has 0 heterocycles. The lowest BCUT2D eigenvalue weighted by atomic mass is 10.2. The van der Waals surface area contributed by atoms with Crippen molar-refractivity contribution in [2.45, 2.75) is 12.5 Å². The molecule has 1 aromatic rings. The minimum Gasteiger partial charge on any atom is -0.550 e. The average Bonchev–Trinajstić information content (AvgIpc) is 2.36. The number of aliphatic carboxylic acids is 2. The van der Waals surface area contributed by atoms with Gasteiger partial charge >= 0.3 is 0 Å². The van der Waals surface area contributed by atoms with E-state index in [1.54, 1.807) is 0 Å². The van der Waals surface area contributed by atoms with E-state index in [0.717, 1.165) is 0 Å². The van der Waals surface area contributed by atoms with Crippen molar-refractivity contribution >= 4 is 41.0 Å². The van der Waals surface area contributed by atoms with Crippen LogP contribution in [-0.4, -0.2) is 30.5 Å². The maximum Gasteiger partial charge on any atom is 0.258 e. The Hall–Kier alpha value is -1.99. The molecule has 1 atom stereocenters. The van der Waals surface area contributed by atoms with Crippen LogP contribution in [0.5, 0.6) is 5.75 Å². The number of amides is 1. The maximum absolute atomic E-state index is 11.5. The smallest absolute Gasteiger partial charge is 0.258 e. The zero-order valence-corrected chi connectivity index (χ0v) is 11.9. The van der Waals surface area contributed by atoms with Crippen LogP contribution in [0.4, 0.5) is 0 Å². The fourth-order valence-electron chi connectivity index (χ4n) is 1.33. The van der Waals surface area contributed by atoms with Crippen molar-refractivity contribution in [3.63, 3.8) is 0 Å². The largest absolute Gasteiger partial charge is 0.550 e. The Morgan fingerprint density at radius 1 is 1.24 bits per heavy atom. The molecule has 0 unspecified atom stereocenters. The second kappa shape index (κ2) is 7.70. The van der Waals surface area contributed by atoms with Gasteiger partial charge < -0.3 is 29.9 Å². The van der Waals surface area contributed by atoms with Crippen molar-refractivity contribution in [1.82, 2.24) is 5.32 Å². The number of hydrogen-bond donors (Lipinski definition) is 1. The molecule has 9 heteroatoms. The van der Waals surface area contributed by atoms with Crippen LogP contribution < -0.4 is 20.3 Å². The third-order valence-electron chi connectivity index (χ3n) is 2.24. The maximum atomic E-state index is 11.5. The third kappa shape index (κ3) is 5.88. The highest BCUT2D eigenvalue weighted by Gasteiger charge is 2.14. The number of ether oxygens (including phenoxy) is 1. The van der Waals surface area contributed by atoms with Crippen LogP contribution in [0, 0.1) is 0 Å². The Bertz CT molecular complexity index is 563. The van der Waals surface area contributed by atoms with E-state index in [-0.39, 0.29) is 10.8 Å². The molecular formula is C12H9Cl2NO6-2. The quantitative estimate of drug-likeness (QED) is 0.665. The van der Waals surface area contributed by atoms with Gasteiger partial charge in [-0.15, -0.1) is 0 Å². The van der Waals surface area contributed by atoms with Gasteiger partial charge in [0.05, 0.1) is 17.0 Å². The van der Waals surface area contributed by atoms with Crippen molar-refractivity contribution in [2.75, 3.05) is 6.61 Å². The molecule has 0 aliphatic heterocycles. The molecule has 1 amide bonds. The molecule has 7 nitrogen and oxygen atoms in total. The highest BCUT2D eigenvalue weighted by atomic mass is 35.5. The second-order valence-electron chi connectivity index (χ2n) is 3.88. The lowest BCUT2D eigenvalue weighted by molar-refractivity contribution is -0.317. The molecule has 0 bridgehead atoms. The lowest BCUT2D eigenvalue weighted by Gasteiger charge is -2.20. The van der Waals surface area contributed by atoms with Crippen LogP contribution in [0.2, 0.25) is 10.0 Å². The Labute approximate surface area is 129 Å². The molecule has 0 aliphatic carbocycles. The van der Waals surface area contributed by atoms with Gasteiger partial charge in [-0.3, -0.25) is 4.79 Å². The van der Waals surface area contributed by atoms with Gasteiger partial charge in [-0.25, -0.2) is 0 Å². The first-order valence-electron chi connectivity index (χ1n) is 5.57. The summed E-state index contributed by atoms with van der Waals surface area (Å²) in [6, 6.07) is 2.61. The summed E-state index contributed by atoms with van der Waals surface area (Å²) < 4.78 is 5.06. The van der Waals surface area contributed by atoms with Crippen molar-refractivity contribution < 1.29 is 29.3 Å². The summed E-state index contributed by atoms with van der Waals surface area (Å²) in [5.74, 6) is -4.05. The minimum absolute atomic E-state index is 0.168. The first-order chi connectivity index (χ1) is 9.79. The topological polar surface area (TPSA) is 119 Å². The summed E-state index contributed by atoms with van der Waals surface area (Å²) >= 11 is 11.5. The van der Waals surface area contributed by atoms with E-state index in [0.29, 0.717) is 5.02 Å². The van der Waals surface area contributed by atoms with Crippen LogP contribution in [0.3, 0.4) is 0 Å². The zero-order valence-electron chi connectivity index (χ0n) is 10.4. The van der Waals surface area contributed by atoms with Gasteiger partial charge in [-0.05, 0) is 18.2 Å². The minimum atomic E-state index is -1.74. The van der Waals surface area contributed by atoms with Crippen molar-refractivity contribution in [3.8, 4) is 5.75 Å². The number of carbonyl (C=O) groups excluding carboxylic acids is 3. The molecule has 114 valence electrons. The number of carboxylic acids is 2. The Morgan fingerprint density at radius 2 is 1.90 bits per heavy atom. The van der Waals surface area contributed by atoms with Gasteiger partial charge in [0.2, 0.25) is 0 Å². The molecule has 0 aliphatic rings. The SMILES string of the molecule is O=C([O-])C[C@H](NC(=O)COc1ccc(Cl)cc1Cl)C(=O)[O-]. The number of nitrogens with one attached hydrogen (secondary N) is 1. The van der Waals surface area contributed by atoms with Gasteiger partial charge in [0.1, 0.15) is 5.75 Å². The Morgan fingerprint density at radius 3 is 2.43 bits per heavy atom. The van der Waals surface area contributed by atoms with Crippen LogP contribution in [0.15, 0.2) is 18.2 Å². The number of halogens is 2. The average molecular weight is 334 g/mol. The fourth-order valence-corrected chi connectivity index (χ4v) is 1.79. The second-order valence-corrected chi connectivity index (χ2v) is 4.72. The van der Waals surface area contributed by atoms with Crippen molar-refractivity contribution in [2.24, 2.45) is 0 Å². The molecular weight excluding hydrogens is 325 g/mol. The van der Waals surface area contributed by atoms with E-state index in [1.165, 1.54) is 18.2 Å². The van der Waals surface area contributed by atoms with E-state index >= 15 is 0 Å². The summed E-state index contributed by atoms with van der Waals surface area (Å²) in [5.41, 5.74) is 0. The predicted molar refractivity (Wildman–Crippen MR) is 68.5 cm³/mol. The van der Waals surface area contributed by atoms with E-state index < -0.39 is 36.9 Å². The number of carbonyl (C=O) groups is 3. The number of carboxylic acid groups (broad SMARTS) is 2. The van der Waals surface area contributed by atoms with Crippen molar-refractivity contribution in [1.29, 1.82) is 0 Å². The highest BCUT2D eigenvalue weighted by molar-refractivity contribution is 6.35. The molecule has 0 spiro atoms. The van der Waals surface area contributed by atoms with Gasteiger partial charge in [-0.2, -0.15) is 0 Å². The van der Waals surface area contributed by atoms with E-state index in [1.807, 2.05) is 5.32 Å². The normalized spacial score (nSPS) is 11.5. The van der Waals surface area contributed by atoms with Gasteiger partial charge in [0.15, 0.2) is 6.61 Å². The molecule has 0 saturated carbocycles. The summed E-state index contributed by atoms with van der Waals surface area (Å²) in [6.45, 7) is -0.557. The molecule has 0 radical (unpaired) electrons. The fraction of sp³-hybridized carbons (Fsp3) is 0.250. The molecule has 0 saturated heterocycles. The molecule has 1 rings (SSSR count). The number of benzene rings is 1. The summed E-state index contributed by atoms with van der Waals surface area (Å²) in [7, 11) is 0. The zero-order chi connectivity index (χ0) is 16.0. The Kier molecular flexibility index (Phi) is 6.26. The van der Waals surface area contributed by atoms with Gasteiger partial charge in [0, 0.05) is 17.4 Å². The molecule has 1 N–H and O–H groups in total. The lowest BCUT2D eigenvalue weighted by Crippen LogP contribution is -2.51. The van der Waals surface area contributed by atoms with E-state index in [4.69, 9.17) is 27.9 Å². The van der Waals surface area contributed by atoms with Gasteiger partial charge in [-0.1, -0.05) is 23.2 Å². The molecule has 21 heavy (non-hydrogen) atoms. The first kappa shape index (κ1) is 17.1. The molecule has 0 fully saturated rings. The van der Waals surface area contributed by atoms with Crippen LogP contribution >= 0.6 is 23.2 Å². The van der Waals surface area contributed by atoms with Crippen molar-refractivity contribution in [3.05, 3.63) is 28.2 Å². The van der Waals surface area contributed by atoms with E-state index in [9.17, 15) is 24.6 Å². The highest BCUT2D eigenvalue weighted by Crippen LogP contribution is 2.27. The summed E-state index contributed by atoms with van der Waals surface area (Å²) in [4.78, 5) is 32.5. The number of rotatable bonds is 7. The van der Waals surface area contributed by atoms with Crippen LogP contribution in [-0.2, 0) is 14.4 Å². The van der Waals surface area contributed by atoms with Crippen LogP contribution in [0.1, 0.15) is 6.42 Å². The third-order valence-corrected chi connectivity index (χ3v) is 2.77. The Balaban J connectivity index is 2.56. The summed E-state index contributed by atoms with van der Waals surface area (Å²) in [5, 5.41) is 23.5. The monoisotopic (exact) mass is 333 g/mol. The predicted octanol–water partition coefficient (Wildman–Crippen LogP) is -1.25. The standard InChI is InChI=1S/C12H11Cl2NO6/c13-6-1-2-9(7(14)3-6)21-5-10(16)15-8(12(19)20)4-11(17)18/h1-3,8H,4-5H2,(H,15,16)(H,17,18)(H,19,20)/p-2/t8-/m0/s1. The number of hydrogen-bond acceptors (Lipinski definition) is 6. The molecule has 1 aromatic carbocycles. The van der Waals surface area contributed by atoms with Crippen LogP contribution in [0.25, 0.3) is 0 Å². The van der Waals surface area contributed by atoms with Gasteiger partial charge in [0.25, 0.3) is 5.91 Å². The molecule has 0 aromatic heterocycles. The summed E-state index contributed by atoms with van der Waals surface area (Å²) in [6.07, 6.45) is -0.907.